The van der Waals surface area contributed by atoms with E-state index in [0.717, 1.165) is 38.9 Å². The van der Waals surface area contributed by atoms with Gasteiger partial charge in [0.1, 0.15) is 11.5 Å². The highest BCUT2D eigenvalue weighted by Gasteiger charge is 2.35. The SMILES string of the molecule is CC(C)OC(=O)C(C)(C)c1cn2nc(OCCCN3CCC(OC(c4ccccc4)c4ccccc4)CC3)ccc2n1.O=C(O)C=CC(=O)O.O=C(O)C=CC(=O)O. The summed E-state index contributed by atoms with van der Waals surface area (Å²) < 4.78 is 19.7. The van der Waals surface area contributed by atoms with E-state index in [1.165, 1.54) is 11.1 Å². The molecule has 3 heterocycles. The first-order valence-electron chi connectivity index (χ1n) is 18.5. The van der Waals surface area contributed by atoms with Crippen molar-refractivity contribution in [2.45, 2.75) is 70.7 Å². The first-order valence-corrected chi connectivity index (χ1v) is 18.5. The van der Waals surface area contributed by atoms with Gasteiger partial charge in [-0.05, 0) is 64.2 Å². The van der Waals surface area contributed by atoms with Crippen LogP contribution in [0.15, 0.2) is 103 Å². The molecule has 0 amide bonds. The number of carbonyl (C=O) groups excluding carboxylic acids is 1. The lowest BCUT2D eigenvalue weighted by Crippen LogP contribution is -2.38. The number of carboxylic acid groups (broad SMARTS) is 4. The van der Waals surface area contributed by atoms with Crippen LogP contribution in [0.1, 0.15) is 69.9 Å². The van der Waals surface area contributed by atoms with Crippen molar-refractivity contribution in [1.29, 1.82) is 0 Å². The number of piperidine rings is 1. The maximum atomic E-state index is 12.6. The van der Waals surface area contributed by atoms with Gasteiger partial charge in [-0.3, -0.25) is 4.79 Å². The van der Waals surface area contributed by atoms with Crippen LogP contribution in [0.4, 0.5) is 0 Å². The van der Waals surface area contributed by atoms with Gasteiger partial charge in [-0.25, -0.2) is 28.7 Å². The predicted molar refractivity (Wildman–Crippen MR) is 211 cm³/mol. The number of aliphatic carboxylic acids is 4. The zero-order valence-electron chi connectivity index (χ0n) is 32.8. The van der Waals surface area contributed by atoms with E-state index in [2.05, 4.69) is 63.5 Å². The summed E-state index contributed by atoms with van der Waals surface area (Å²) in [6, 6.07) is 24.7. The van der Waals surface area contributed by atoms with E-state index >= 15 is 0 Å². The van der Waals surface area contributed by atoms with Crippen LogP contribution in [0.3, 0.4) is 0 Å². The molecule has 0 atom stereocenters. The normalized spacial score (nSPS) is 13.5. The Balaban J connectivity index is 0.000000473. The number of benzene rings is 2. The van der Waals surface area contributed by atoms with Crippen molar-refractivity contribution >= 4 is 35.5 Å². The number of likely N-dealkylation sites (tertiary alicyclic amines) is 1. The van der Waals surface area contributed by atoms with Crippen LogP contribution in [0, 0.1) is 0 Å². The number of hydrogen-bond acceptors (Lipinski definition) is 11. The maximum absolute atomic E-state index is 12.6. The zero-order chi connectivity index (χ0) is 42.7. The lowest BCUT2D eigenvalue weighted by atomic mass is 9.90. The van der Waals surface area contributed by atoms with Gasteiger partial charge in [0, 0.05) is 50.0 Å². The largest absolute Gasteiger partial charge is 0.478 e. The molecule has 16 heteroatoms. The Morgan fingerprint density at radius 2 is 1.28 bits per heavy atom. The smallest absolute Gasteiger partial charge is 0.328 e. The van der Waals surface area contributed by atoms with Gasteiger partial charge in [-0.1, -0.05) is 60.7 Å². The molecule has 58 heavy (non-hydrogen) atoms. The summed E-state index contributed by atoms with van der Waals surface area (Å²) in [4.78, 5) is 57.9. The van der Waals surface area contributed by atoms with Gasteiger partial charge in [0.05, 0.1) is 30.7 Å². The predicted octanol–water partition coefficient (Wildman–Crippen LogP) is 5.42. The number of esters is 1. The summed E-state index contributed by atoms with van der Waals surface area (Å²) in [6.07, 6.45) is 6.94. The van der Waals surface area contributed by atoms with Crippen LogP contribution in [-0.4, -0.2) is 108 Å². The monoisotopic (exact) mass is 802 g/mol. The molecule has 4 aromatic rings. The fourth-order valence-electron chi connectivity index (χ4n) is 5.53. The minimum Gasteiger partial charge on any atom is -0.478 e. The number of aromatic nitrogens is 3. The third-order valence-corrected chi connectivity index (χ3v) is 8.46. The van der Waals surface area contributed by atoms with E-state index in [0.29, 0.717) is 48.1 Å². The molecular formula is C42H50N4O12. The van der Waals surface area contributed by atoms with Crippen molar-refractivity contribution in [1.82, 2.24) is 19.5 Å². The van der Waals surface area contributed by atoms with E-state index in [1.807, 2.05) is 52.0 Å². The van der Waals surface area contributed by atoms with Crippen LogP contribution in [0.25, 0.3) is 5.65 Å². The van der Waals surface area contributed by atoms with Gasteiger partial charge < -0.3 is 39.5 Å². The lowest BCUT2D eigenvalue weighted by molar-refractivity contribution is -0.153. The standard InChI is InChI=1S/C34H42N4O4.2C4H4O4/c1-25(2)41-33(39)34(3,4)29-24-38-30(35-29)16-17-31(36-38)40-23-11-20-37-21-18-28(19-22-37)42-32(26-12-7-5-8-13-26)27-14-9-6-10-15-27;2*5-3(6)1-2-4(7)8/h5-10,12-17,24-25,28,32H,11,18-23H2,1-4H3;2*1-2H,(H,5,6)(H,7,8). The third-order valence-electron chi connectivity index (χ3n) is 8.46. The average molecular weight is 803 g/mol. The Morgan fingerprint density at radius 3 is 1.74 bits per heavy atom. The molecule has 0 saturated carbocycles. The number of rotatable bonds is 16. The van der Waals surface area contributed by atoms with Crippen LogP contribution in [0.5, 0.6) is 5.88 Å². The fourth-order valence-corrected chi connectivity index (χ4v) is 5.53. The molecule has 1 aliphatic heterocycles. The van der Waals surface area contributed by atoms with E-state index in [1.54, 1.807) is 10.7 Å². The summed E-state index contributed by atoms with van der Waals surface area (Å²) in [5.41, 5.74) is 2.79. The third kappa shape index (κ3) is 16.0. The van der Waals surface area contributed by atoms with E-state index < -0.39 is 29.3 Å². The highest BCUT2D eigenvalue weighted by atomic mass is 16.5. The molecule has 1 saturated heterocycles. The minimum atomic E-state index is -1.26. The number of ether oxygens (including phenoxy) is 3. The molecule has 1 aliphatic rings. The topological polar surface area (TPSA) is 227 Å². The lowest BCUT2D eigenvalue weighted by Gasteiger charge is -2.34. The Kier molecular flexibility index (Phi) is 18.2. The number of imidazole rings is 1. The second-order valence-corrected chi connectivity index (χ2v) is 13.8. The molecule has 0 aliphatic carbocycles. The Hall–Kier alpha value is -6.39. The second kappa shape index (κ2) is 23.0. The molecule has 2 aromatic carbocycles. The van der Waals surface area contributed by atoms with Gasteiger partial charge in [-0.2, -0.15) is 0 Å². The highest BCUT2D eigenvalue weighted by Crippen LogP contribution is 2.30. The Bertz CT molecular complexity index is 1900. The summed E-state index contributed by atoms with van der Waals surface area (Å²) >= 11 is 0. The Labute approximate surface area is 336 Å². The first-order chi connectivity index (χ1) is 27.5. The van der Waals surface area contributed by atoms with Crippen molar-refractivity contribution in [2.75, 3.05) is 26.2 Å². The Morgan fingerprint density at radius 1 is 0.776 bits per heavy atom. The van der Waals surface area contributed by atoms with Crippen LogP contribution in [-0.2, 0) is 38.9 Å². The average Bonchev–Trinajstić information content (AvgIpc) is 3.63. The summed E-state index contributed by atoms with van der Waals surface area (Å²) in [5.74, 6) is -4.80. The van der Waals surface area contributed by atoms with Crippen LogP contribution >= 0.6 is 0 Å². The first kappa shape index (κ1) is 46.0. The van der Waals surface area contributed by atoms with Gasteiger partial charge in [0.2, 0.25) is 5.88 Å². The van der Waals surface area contributed by atoms with Gasteiger partial charge in [0.15, 0.2) is 5.65 Å². The molecule has 0 bridgehead atoms. The number of nitrogens with zero attached hydrogens (tertiary/aromatic N) is 4. The molecule has 5 rings (SSSR count). The van der Waals surface area contributed by atoms with Crippen molar-refractivity contribution in [3.8, 4) is 5.88 Å². The van der Waals surface area contributed by atoms with E-state index in [4.69, 9.17) is 34.6 Å². The molecule has 0 unspecified atom stereocenters. The van der Waals surface area contributed by atoms with Gasteiger partial charge in [0.25, 0.3) is 0 Å². The van der Waals surface area contributed by atoms with E-state index in [9.17, 15) is 24.0 Å². The zero-order valence-corrected chi connectivity index (χ0v) is 32.8. The summed E-state index contributed by atoms with van der Waals surface area (Å²) in [5, 5.41) is 35.8. The molecule has 0 spiro atoms. The number of carbonyl (C=O) groups is 5. The van der Waals surface area contributed by atoms with Gasteiger partial charge in [-0.15, -0.1) is 5.10 Å². The molecular weight excluding hydrogens is 752 g/mol. The molecule has 310 valence electrons. The van der Waals surface area contributed by atoms with Crippen molar-refractivity contribution in [3.05, 3.63) is 120 Å². The molecule has 16 nitrogen and oxygen atoms in total. The maximum Gasteiger partial charge on any atom is 0.328 e. The highest BCUT2D eigenvalue weighted by molar-refractivity contribution is 5.90. The second-order valence-electron chi connectivity index (χ2n) is 13.8. The number of carboxylic acids is 4. The molecule has 1 fully saturated rings. The van der Waals surface area contributed by atoms with Crippen molar-refractivity contribution in [3.63, 3.8) is 0 Å². The molecule has 2 aromatic heterocycles. The van der Waals surface area contributed by atoms with Gasteiger partial charge >= 0.3 is 29.8 Å². The van der Waals surface area contributed by atoms with Crippen molar-refractivity contribution in [2.24, 2.45) is 0 Å². The van der Waals surface area contributed by atoms with E-state index in [-0.39, 0.29) is 24.3 Å². The summed E-state index contributed by atoms with van der Waals surface area (Å²) in [6.45, 7) is 10.9. The number of hydrogen-bond donors (Lipinski definition) is 4. The fraction of sp³-hybridized carbons (Fsp3) is 0.357. The number of fused-ring (bicyclic) bond motifs is 1. The minimum absolute atomic E-state index is 0.0475. The molecule has 0 radical (unpaired) electrons. The van der Waals surface area contributed by atoms with Crippen molar-refractivity contribution < 1.29 is 58.6 Å². The van der Waals surface area contributed by atoms with Crippen LogP contribution < -0.4 is 4.74 Å². The molecule has 4 N–H and O–H groups in total. The summed E-state index contributed by atoms with van der Waals surface area (Å²) in [7, 11) is 0. The van der Waals surface area contributed by atoms with Crippen LogP contribution in [0.2, 0.25) is 0 Å². The quantitative estimate of drug-likeness (QED) is 0.0630.